The highest BCUT2D eigenvalue weighted by molar-refractivity contribution is 7.99. The van der Waals surface area contributed by atoms with Gasteiger partial charge in [0.05, 0.1) is 0 Å². The standard InChI is InChI=1S/C36H56O5S/c1-23(21-42-20-19-40-24(2)38)26-11-16-36(22-37)18-17-34(7)27(31(26)36)9-10-29-33(6)14-13-30(41-25(3)39)32(4,5)28(33)12-15-35(29,34)8/h22,26-31H,1,9-21H2,2-8H3/t26-,27+,28-,29+,30-,31+,33-,34+,35+,36+/m0/s1. The van der Waals surface area contributed by atoms with Crippen LogP contribution in [0.15, 0.2) is 12.2 Å². The van der Waals surface area contributed by atoms with Crippen LogP contribution in [-0.2, 0) is 23.9 Å². The molecule has 0 bridgehead atoms. The molecule has 0 radical (unpaired) electrons. The summed E-state index contributed by atoms with van der Waals surface area (Å²) in [6.07, 6.45) is 12.5. The van der Waals surface area contributed by atoms with E-state index in [1.165, 1.54) is 44.5 Å². The van der Waals surface area contributed by atoms with Crippen LogP contribution in [0.5, 0.6) is 0 Å². The Morgan fingerprint density at radius 1 is 0.857 bits per heavy atom. The Kier molecular flexibility index (Phi) is 8.60. The van der Waals surface area contributed by atoms with Crippen molar-refractivity contribution in [2.45, 2.75) is 119 Å². The van der Waals surface area contributed by atoms with Crippen LogP contribution in [0.2, 0.25) is 0 Å². The Hall–Kier alpha value is -1.30. The second-order valence-electron chi connectivity index (χ2n) is 16.2. The summed E-state index contributed by atoms with van der Waals surface area (Å²) in [5, 5.41) is 0. The normalized spacial score (nSPS) is 45.4. The number of carbonyl (C=O) groups excluding carboxylic acids is 3. The van der Waals surface area contributed by atoms with E-state index in [1.54, 1.807) is 18.7 Å². The zero-order valence-corrected chi connectivity index (χ0v) is 28.2. The van der Waals surface area contributed by atoms with Gasteiger partial charge >= 0.3 is 11.9 Å². The van der Waals surface area contributed by atoms with Crippen LogP contribution < -0.4 is 0 Å². The van der Waals surface area contributed by atoms with Gasteiger partial charge in [0.2, 0.25) is 0 Å². The predicted molar refractivity (Wildman–Crippen MR) is 169 cm³/mol. The number of carbonyl (C=O) groups is 3. The molecule has 0 aromatic carbocycles. The molecule has 10 atom stereocenters. The minimum Gasteiger partial charge on any atom is -0.465 e. The van der Waals surface area contributed by atoms with Crippen LogP contribution in [0.3, 0.4) is 0 Å². The third-order valence-electron chi connectivity index (χ3n) is 14.3. The molecule has 6 heteroatoms. The third-order valence-corrected chi connectivity index (χ3v) is 15.4. The summed E-state index contributed by atoms with van der Waals surface area (Å²) >= 11 is 1.80. The van der Waals surface area contributed by atoms with Crippen molar-refractivity contribution in [2.75, 3.05) is 18.1 Å². The number of fused-ring (bicyclic) bond motifs is 7. The van der Waals surface area contributed by atoms with Crippen LogP contribution in [0, 0.1) is 56.7 Å². The van der Waals surface area contributed by atoms with Gasteiger partial charge in [0.1, 0.15) is 19.0 Å². The first-order chi connectivity index (χ1) is 19.7. The Bertz CT molecular complexity index is 1100. The number of hydrogen-bond donors (Lipinski definition) is 0. The van der Waals surface area contributed by atoms with Gasteiger partial charge in [-0.1, -0.05) is 46.8 Å². The molecule has 5 aliphatic carbocycles. The second-order valence-corrected chi connectivity index (χ2v) is 17.3. The highest BCUT2D eigenvalue weighted by Crippen LogP contribution is 2.77. The molecule has 0 N–H and O–H groups in total. The van der Waals surface area contributed by atoms with E-state index >= 15 is 0 Å². The minimum absolute atomic E-state index is 0.00407. The quantitative estimate of drug-likeness (QED) is 0.122. The lowest BCUT2D eigenvalue weighted by atomic mass is 9.32. The van der Waals surface area contributed by atoms with Crippen molar-refractivity contribution < 1.29 is 23.9 Å². The number of thioether (sulfide) groups is 1. The summed E-state index contributed by atoms with van der Waals surface area (Å²) in [6, 6.07) is 0. The SMILES string of the molecule is C=C(CSCCOC(C)=O)[C@@H]1CC[C@]2(C=O)CC[C@]3(C)[C@H](CC[C@@H]4[C@@]5(C)CC[C@H](OC(C)=O)C(C)(C)[C@@H]5CC[C@]43C)[C@@H]12. The molecule has 0 spiro atoms. The Balaban J connectivity index is 1.39. The summed E-state index contributed by atoms with van der Waals surface area (Å²) < 4.78 is 11.1. The largest absolute Gasteiger partial charge is 0.465 e. The summed E-state index contributed by atoms with van der Waals surface area (Å²) in [6.45, 7) is 20.6. The van der Waals surface area contributed by atoms with E-state index in [2.05, 4.69) is 41.2 Å². The van der Waals surface area contributed by atoms with Crippen LogP contribution >= 0.6 is 11.8 Å². The molecule has 0 aromatic heterocycles. The fourth-order valence-electron chi connectivity index (χ4n) is 12.3. The number of esters is 2. The van der Waals surface area contributed by atoms with E-state index in [0.717, 1.165) is 50.0 Å². The molecule has 0 heterocycles. The average molecular weight is 601 g/mol. The Morgan fingerprint density at radius 3 is 2.26 bits per heavy atom. The summed E-state index contributed by atoms with van der Waals surface area (Å²) in [7, 11) is 0. The fourth-order valence-corrected chi connectivity index (χ4v) is 13.1. The van der Waals surface area contributed by atoms with Crippen molar-refractivity contribution >= 4 is 30.0 Å². The summed E-state index contributed by atoms with van der Waals surface area (Å²) in [5.74, 6) is 3.79. The van der Waals surface area contributed by atoms with E-state index in [0.29, 0.717) is 36.2 Å². The van der Waals surface area contributed by atoms with Crippen molar-refractivity contribution in [3.8, 4) is 0 Å². The zero-order chi connectivity index (χ0) is 30.7. The first-order valence-electron chi connectivity index (χ1n) is 16.7. The molecule has 0 unspecified atom stereocenters. The molecule has 5 fully saturated rings. The van der Waals surface area contributed by atoms with Crippen molar-refractivity contribution in [3.05, 3.63) is 12.2 Å². The predicted octanol–water partition coefficient (Wildman–Crippen LogP) is 8.05. The second kappa shape index (κ2) is 11.2. The number of rotatable bonds is 8. The van der Waals surface area contributed by atoms with Gasteiger partial charge in [-0.15, -0.1) is 0 Å². The maximum absolute atomic E-state index is 12.9. The summed E-state index contributed by atoms with van der Waals surface area (Å²) in [5.41, 5.74) is 1.72. The molecule has 5 nitrogen and oxygen atoms in total. The lowest BCUT2D eigenvalue weighted by molar-refractivity contribution is -0.247. The maximum atomic E-state index is 12.9. The average Bonchev–Trinajstić information content (AvgIpc) is 3.30. The molecular weight excluding hydrogens is 544 g/mol. The van der Waals surface area contributed by atoms with Crippen molar-refractivity contribution in [1.82, 2.24) is 0 Å². The Labute approximate surface area is 259 Å². The number of ether oxygens (including phenoxy) is 2. The molecule has 5 aliphatic rings. The first kappa shape index (κ1) is 32.1. The van der Waals surface area contributed by atoms with E-state index in [1.807, 2.05) is 0 Å². The fraction of sp³-hybridized carbons (Fsp3) is 0.861. The molecular formula is C36H56O5S. The molecule has 42 heavy (non-hydrogen) atoms. The van der Waals surface area contributed by atoms with E-state index < -0.39 is 0 Å². The van der Waals surface area contributed by atoms with Gasteiger partial charge in [0.15, 0.2) is 0 Å². The molecule has 0 amide bonds. The highest BCUT2D eigenvalue weighted by atomic mass is 32.2. The maximum Gasteiger partial charge on any atom is 0.302 e. The minimum atomic E-state index is -0.226. The molecule has 5 saturated carbocycles. The van der Waals surface area contributed by atoms with Crippen LogP contribution in [-0.4, -0.2) is 42.4 Å². The number of hydrogen-bond acceptors (Lipinski definition) is 6. The zero-order valence-electron chi connectivity index (χ0n) is 27.4. The van der Waals surface area contributed by atoms with E-state index in [4.69, 9.17) is 9.47 Å². The monoisotopic (exact) mass is 600 g/mol. The first-order valence-corrected chi connectivity index (χ1v) is 17.8. The third kappa shape index (κ3) is 4.83. The smallest absolute Gasteiger partial charge is 0.302 e. The summed E-state index contributed by atoms with van der Waals surface area (Å²) in [4.78, 5) is 36.1. The van der Waals surface area contributed by atoms with Crippen molar-refractivity contribution in [1.29, 1.82) is 0 Å². The Morgan fingerprint density at radius 2 is 1.60 bits per heavy atom. The van der Waals surface area contributed by atoms with Crippen LogP contribution in [0.1, 0.15) is 113 Å². The van der Waals surface area contributed by atoms with Crippen LogP contribution in [0.4, 0.5) is 0 Å². The van der Waals surface area contributed by atoms with Gasteiger partial charge < -0.3 is 14.3 Å². The van der Waals surface area contributed by atoms with Gasteiger partial charge in [-0.25, -0.2) is 0 Å². The molecule has 236 valence electrons. The van der Waals surface area contributed by atoms with Gasteiger partial charge in [0, 0.05) is 36.2 Å². The topological polar surface area (TPSA) is 69.7 Å². The lowest BCUT2D eigenvalue weighted by Gasteiger charge is -2.72. The van der Waals surface area contributed by atoms with Crippen molar-refractivity contribution in [2.24, 2.45) is 56.7 Å². The molecule has 5 rings (SSSR count). The molecule has 0 aromatic rings. The van der Waals surface area contributed by atoms with Gasteiger partial charge in [-0.05, 0) is 110 Å². The van der Waals surface area contributed by atoms with Crippen molar-refractivity contribution in [3.63, 3.8) is 0 Å². The number of aldehydes is 1. The van der Waals surface area contributed by atoms with Gasteiger partial charge in [0.25, 0.3) is 0 Å². The van der Waals surface area contributed by atoms with Gasteiger partial charge in [-0.2, -0.15) is 11.8 Å². The highest BCUT2D eigenvalue weighted by Gasteiger charge is 2.71. The van der Waals surface area contributed by atoms with Crippen LogP contribution in [0.25, 0.3) is 0 Å². The van der Waals surface area contributed by atoms with E-state index in [-0.39, 0.29) is 45.1 Å². The molecule has 0 aliphatic heterocycles. The molecule has 0 saturated heterocycles. The lowest BCUT2D eigenvalue weighted by Crippen LogP contribution is -2.66. The van der Waals surface area contributed by atoms with Gasteiger partial charge in [-0.3, -0.25) is 9.59 Å². The van der Waals surface area contributed by atoms with E-state index in [9.17, 15) is 14.4 Å².